The molecule has 0 bridgehead atoms. The molecule has 4 nitrogen and oxygen atoms in total. The zero-order valence-corrected chi connectivity index (χ0v) is 10.8. The molecule has 0 aliphatic carbocycles. The Kier molecular flexibility index (Phi) is 4.20. The van der Waals surface area contributed by atoms with Crippen LogP contribution in [0.5, 0.6) is 5.75 Å². The summed E-state index contributed by atoms with van der Waals surface area (Å²) < 4.78 is 10.2. The monoisotopic (exact) mass is 249 g/mol. The van der Waals surface area contributed by atoms with E-state index in [2.05, 4.69) is 11.4 Å². The summed E-state index contributed by atoms with van der Waals surface area (Å²) in [6, 6.07) is 7.82. The van der Waals surface area contributed by atoms with E-state index in [0.29, 0.717) is 12.5 Å². The number of nitrogens with one attached hydrogen (secondary N) is 1. The van der Waals surface area contributed by atoms with Gasteiger partial charge in [0.2, 0.25) is 0 Å². The van der Waals surface area contributed by atoms with Crippen LogP contribution in [0.3, 0.4) is 0 Å². The highest BCUT2D eigenvalue weighted by Gasteiger charge is 2.31. The second-order valence-electron chi connectivity index (χ2n) is 4.42. The molecule has 2 atom stereocenters. The molecule has 1 fully saturated rings. The zero-order valence-electron chi connectivity index (χ0n) is 10.8. The lowest BCUT2D eigenvalue weighted by Gasteiger charge is -2.11. The average Bonchev–Trinajstić information content (AvgIpc) is 2.89. The van der Waals surface area contributed by atoms with Crippen molar-refractivity contribution >= 4 is 5.97 Å². The number of ether oxygens (including phenoxy) is 2. The van der Waals surface area contributed by atoms with E-state index >= 15 is 0 Å². The van der Waals surface area contributed by atoms with Gasteiger partial charge in [0.25, 0.3) is 0 Å². The van der Waals surface area contributed by atoms with Gasteiger partial charge >= 0.3 is 5.97 Å². The van der Waals surface area contributed by atoms with Gasteiger partial charge in [0.1, 0.15) is 11.8 Å². The van der Waals surface area contributed by atoms with E-state index < -0.39 is 0 Å². The molecule has 4 heteroatoms. The topological polar surface area (TPSA) is 47.6 Å². The van der Waals surface area contributed by atoms with Crippen LogP contribution < -0.4 is 10.1 Å². The molecule has 1 saturated heterocycles. The number of hydrogen-bond acceptors (Lipinski definition) is 4. The molecule has 1 aromatic carbocycles. The Morgan fingerprint density at radius 2 is 2.33 bits per heavy atom. The predicted octanol–water partition coefficient (Wildman–Crippen LogP) is 1.70. The highest BCUT2D eigenvalue weighted by molar-refractivity contribution is 5.76. The normalized spacial score (nSPS) is 22.8. The smallest absolute Gasteiger partial charge is 0.323 e. The molecule has 0 aromatic heterocycles. The third-order valence-corrected chi connectivity index (χ3v) is 3.27. The quantitative estimate of drug-likeness (QED) is 0.825. The SMILES string of the molecule is CCOC(=O)C1CC(c2cccc(OC)c2)CN1. The molecule has 1 aliphatic rings. The zero-order chi connectivity index (χ0) is 13.0. The predicted molar refractivity (Wildman–Crippen MR) is 68.8 cm³/mol. The van der Waals surface area contributed by atoms with Crippen molar-refractivity contribution in [2.75, 3.05) is 20.3 Å². The van der Waals surface area contributed by atoms with Crippen molar-refractivity contribution < 1.29 is 14.3 Å². The molecule has 1 aliphatic heterocycles. The van der Waals surface area contributed by atoms with Crippen molar-refractivity contribution in [2.45, 2.75) is 25.3 Å². The maximum absolute atomic E-state index is 11.6. The first-order valence-corrected chi connectivity index (χ1v) is 6.28. The minimum absolute atomic E-state index is 0.150. The highest BCUT2D eigenvalue weighted by atomic mass is 16.5. The van der Waals surface area contributed by atoms with Crippen LogP contribution in [-0.2, 0) is 9.53 Å². The molecule has 1 aromatic rings. The molecule has 2 rings (SSSR count). The Morgan fingerprint density at radius 1 is 1.50 bits per heavy atom. The molecular weight excluding hydrogens is 230 g/mol. The standard InChI is InChI=1S/C14H19NO3/c1-3-18-14(16)13-8-11(9-15-13)10-5-4-6-12(7-10)17-2/h4-7,11,13,15H,3,8-9H2,1-2H3. The second-order valence-corrected chi connectivity index (χ2v) is 4.42. The third kappa shape index (κ3) is 2.82. The summed E-state index contributed by atoms with van der Waals surface area (Å²) in [5.41, 5.74) is 1.20. The fraction of sp³-hybridized carbons (Fsp3) is 0.500. The van der Waals surface area contributed by atoms with Crippen LogP contribution in [0.15, 0.2) is 24.3 Å². The molecular formula is C14H19NO3. The number of carbonyl (C=O) groups excluding carboxylic acids is 1. The maximum Gasteiger partial charge on any atom is 0.323 e. The van der Waals surface area contributed by atoms with Crippen molar-refractivity contribution in [3.63, 3.8) is 0 Å². The first-order valence-electron chi connectivity index (χ1n) is 6.28. The lowest BCUT2D eigenvalue weighted by atomic mass is 9.96. The second kappa shape index (κ2) is 5.87. The van der Waals surface area contributed by atoms with E-state index in [1.54, 1.807) is 7.11 Å². The van der Waals surface area contributed by atoms with E-state index in [1.165, 1.54) is 5.56 Å². The van der Waals surface area contributed by atoms with Gasteiger partial charge in [0.15, 0.2) is 0 Å². The summed E-state index contributed by atoms with van der Waals surface area (Å²) in [6.45, 7) is 3.06. The fourth-order valence-corrected chi connectivity index (χ4v) is 2.31. The van der Waals surface area contributed by atoms with E-state index in [4.69, 9.17) is 9.47 Å². The van der Waals surface area contributed by atoms with Gasteiger partial charge in [-0.15, -0.1) is 0 Å². The average molecular weight is 249 g/mol. The van der Waals surface area contributed by atoms with E-state index in [-0.39, 0.29) is 12.0 Å². The minimum atomic E-state index is -0.179. The molecule has 1 heterocycles. The summed E-state index contributed by atoms with van der Waals surface area (Å²) in [5, 5.41) is 3.21. The summed E-state index contributed by atoms with van der Waals surface area (Å²) in [6.07, 6.45) is 0.784. The Morgan fingerprint density at radius 3 is 3.06 bits per heavy atom. The molecule has 0 radical (unpaired) electrons. The van der Waals surface area contributed by atoms with Crippen molar-refractivity contribution in [1.82, 2.24) is 5.32 Å². The Labute approximate surface area is 107 Å². The van der Waals surface area contributed by atoms with Crippen LogP contribution >= 0.6 is 0 Å². The van der Waals surface area contributed by atoms with Crippen molar-refractivity contribution in [1.29, 1.82) is 0 Å². The summed E-state index contributed by atoms with van der Waals surface area (Å²) in [4.78, 5) is 11.6. The van der Waals surface area contributed by atoms with Crippen LogP contribution in [0.25, 0.3) is 0 Å². The van der Waals surface area contributed by atoms with Crippen LogP contribution in [-0.4, -0.2) is 32.3 Å². The lowest BCUT2D eigenvalue weighted by Crippen LogP contribution is -2.32. The highest BCUT2D eigenvalue weighted by Crippen LogP contribution is 2.28. The summed E-state index contributed by atoms with van der Waals surface area (Å²) >= 11 is 0. The third-order valence-electron chi connectivity index (χ3n) is 3.27. The van der Waals surface area contributed by atoms with Gasteiger partial charge < -0.3 is 14.8 Å². The number of esters is 1. The first-order chi connectivity index (χ1) is 8.74. The van der Waals surface area contributed by atoms with Crippen LogP contribution in [0.2, 0.25) is 0 Å². The van der Waals surface area contributed by atoms with Gasteiger partial charge in [-0.2, -0.15) is 0 Å². The number of benzene rings is 1. The fourth-order valence-electron chi connectivity index (χ4n) is 2.31. The van der Waals surface area contributed by atoms with Gasteiger partial charge in [-0.05, 0) is 37.0 Å². The largest absolute Gasteiger partial charge is 0.497 e. The number of rotatable bonds is 4. The lowest BCUT2D eigenvalue weighted by molar-refractivity contribution is -0.145. The van der Waals surface area contributed by atoms with Crippen LogP contribution in [0, 0.1) is 0 Å². The van der Waals surface area contributed by atoms with Crippen molar-refractivity contribution in [3.8, 4) is 5.75 Å². The molecule has 98 valence electrons. The Hall–Kier alpha value is -1.55. The maximum atomic E-state index is 11.6. The summed E-state index contributed by atoms with van der Waals surface area (Å²) in [7, 11) is 1.66. The van der Waals surface area contributed by atoms with Crippen molar-refractivity contribution in [2.24, 2.45) is 0 Å². The minimum Gasteiger partial charge on any atom is -0.497 e. The van der Waals surface area contributed by atoms with Gasteiger partial charge in [-0.1, -0.05) is 12.1 Å². The van der Waals surface area contributed by atoms with E-state index in [0.717, 1.165) is 18.7 Å². The van der Waals surface area contributed by atoms with Gasteiger partial charge in [-0.25, -0.2) is 0 Å². The van der Waals surface area contributed by atoms with Gasteiger partial charge in [0.05, 0.1) is 13.7 Å². The van der Waals surface area contributed by atoms with E-state index in [9.17, 15) is 4.79 Å². The molecule has 0 amide bonds. The van der Waals surface area contributed by atoms with E-state index in [1.807, 2.05) is 25.1 Å². The molecule has 0 saturated carbocycles. The Bertz CT molecular complexity index is 419. The number of hydrogen-bond donors (Lipinski definition) is 1. The molecule has 0 spiro atoms. The van der Waals surface area contributed by atoms with Gasteiger partial charge in [0, 0.05) is 6.54 Å². The number of methoxy groups -OCH3 is 1. The molecule has 18 heavy (non-hydrogen) atoms. The summed E-state index contributed by atoms with van der Waals surface area (Å²) in [5.74, 6) is 1.05. The van der Waals surface area contributed by atoms with Crippen LogP contribution in [0.4, 0.5) is 0 Å². The van der Waals surface area contributed by atoms with Crippen molar-refractivity contribution in [3.05, 3.63) is 29.8 Å². The van der Waals surface area contributed by atoms with Gasteiger partial charge in [-0.3, -0.25) is 4.79 Å². The molecule has 2 unspecified atom stereocenters. The first kappa shape index (κ1) is 12.9. The van der Waals surface area contributed by atoms with Crippen LogP contribution in [0.1, 0.15) is 24.8 Å². The molecule has 1 N–H and O–H groups in total. The Balaban J connectivity index is 2.01. The number of carbonyl (C=O) groups is 1.